The quantitative estimate of drug-likeness (QED) is 0.133. The Labute approximate surface area is 157 Å². The van der Waals surface area contributed by atoms with Gasteiger partial charge in [-0.1, -0.05) is 0 Å². The summed E-state index contributed by atoms with van der Waals surface area (Å²) in [6, 6.07) is 0. The summed E-state index contributed by atoms with van der Waals surface area (Å²) < 4.78 is 177. The van der Waals surface area contributed by atoms with E-state index in [1.54, 1.807) is 0 Å². The number of halogens is 9. The molecule has 2 radical (unpaired) electrons. The van der Waals surface area contributed by atoms with Crippen LogP contribution < -0.4 is 0 Å². The molecule has 0 aliphatic carbocycles. The molecule has 0 aromatic rings. The number of hydrogen-bond acceptors (Lipinski definition) is 9. The summed E-state index contributed by atoms with van der Waals surface area (Å²) in [5, 5.41) is 0. The van der Waals surface area contributed by atoms with Gasteiger partial charge in [0.15, 0.2) is 30.4 Å². The third-order valence-electron chi connectivity index (χ3n) is 0.850. The van der Waals surface area contributed by atoms with Crippen molar-refractivity contribution < 1.29 is 83.9 Å². The maximum absolute atomic E-state index is 10.7. The van der Waals surface area contributed by atoms with Gasteiger partial charge in [-0.05, 0) is 0 Å². The molecule has 160 valence electrons. The van der Waals surface area contributed by atoms with Crippen LogP contribution in [0.2, 0.25) is 0 Å². The van der Waals surface area contributed by atoms with Crippen LogP contribution in [0.4, 0.5) is 39.5 Å². The van der Waals surface area contributed by atoms with Crippen molar-refractivity contribution in [3.05, 3.63) is 0 Å². The number of alkyl halides is 9. The molecule has 26 heavy (non-hydrogen) atoms. The van der Waals surface area contributed by atoms with Crippen LogP contribution in [0, 0.1) is 0 Å². The van der Waals surface area contributed by atoms with Gasteiger partial charge in [-0.25, -0.2) is 25.3 Å². The van der Waals surface area contributed by atoms with Gasteiger partial charge in [0, 0.05) is 0 Å². The molecule has 0 spiro atoms. The van der Waals surface area contributed by atoms with Crippen LogP contribution in [0.5, 0.6) is 0 Å². The van der Waals surface area contributed by atoms with Gasteiger partial charge in [0.05, 0.1) is 0 Å². The minimum atomic E-state index is -6.09. The van der Waals surface area contributed by atoms with Crippen molar-refractivity contribution in [3.63, 3.8) is 0 Å². The molecule has 2 N–H and O–H groups in total. The Morgan fingerprint density at radius 3 is 0.500 bits per heavy atom. The smallest absolute Gasteiger partial charge is 0.741 e. The molecule has 0 aromatic carbocycles. The van der Waals surface area contributed by atoms with Gasteiger partial charge in [-0.3, -0.25) is 0 Å². The van der Waals surface area contributed by atoms with Gasteiger partial charge >= 0.3 is 42.7 Å². The summed E-state index contributed by atoms with van der Waals surface area (Å²) >= 11 is 0. The van der Waals surface area contributed by atoms with Gasteiger partial charge in [-0.2, -0.15) is 39.5 Å². The molecule has 0 aliphatic rings. The SMILES string of the molecule is O.O=S(=O)([O-])C(F)(F)F.O=S(=O)([O-])C(F)(F)F.O=S(=O)([O-])C(F)(F)F.[Bi+3]. The monoisotopic (exact) mass is 674 g/mol. The molecular weight excluding hydrogens is 672 g/mol. The average molecular weight is 674 g/mol. The van der Waals surface area contributed by atoms with E-state index in [0.29, 0.717) is 0 Å². The molecule has 0 atom stereocenters. The summed E-state index contributed by atoms with van der Waals surface area (Å²) in [7, 11) is -18.3. The van der Waals surface area contributed by atoms with Crippen molar-refractivity contribution in [2.45, 2.75) is 16.5 Å². The van der Waals surface area contributed by atoms with Crippen LogP contribution in [0.1, 0.15) is 0 Å². The van der Waals surface area contributed by atoms with Crippen molar-refractivity contribution in [1.29, 1.82) is 0 Å². The van der Waals surface area contributed by atoms with Gasteiger partial charge in [0.2, 0.25) is 0 Å². The summed E-state index contributed by atoms with van der Waals surface area (Å²) in [4.78, 5) is 0. The van der Waals surface area contributed by atoms with E-state index in [2.05, 4.69) is 0 Å². The van der Waals surface area contributed by atoms with Gasteiger partial charge in [0.25, 0.3) is 0 Å². The van der Waals surface area contributed by atoms with Crippen molar-refractivity contribution in [1.82, 2.24) is 0 Å². The van der Waals surface area contributed by atoms with E-state index in [4.69, 9.17) is 38.9 Å². The second kappa shape index (κ2) is 11.1. The van der Waals surface area contributed by atoms with Crippen LogP contribution in [-0.2, 0) is 30.4 Å². The topological polar surface area (TPSA) is 203 Å². The molecule has 0 saturated carbocycles. The first-order valence-corrected chi connectivity index (χ1v) is 8.04. The molecule has 0 rings (SSSR count). The zero-order chi connectivity index (χ0) is 21.0. The fourth-order valence-corrected chi connectivity index (χ4v) is 0. The largest absolute Gasteiger partial charge is 3.00 e. The predicted molar refractivity (Wildman–Crippen MR) is 56.6 cm³/mol. The van der Waals surface area contributed by atoms with E-state index in [-0.39, 0.29) is 31.7 Å². The average Bonchev–Trinajstić information content (AvgIpc) is 2.08. The van der Waals surface area contributed by atoms with E-state index < -0.39 is 46.9 Å². The standard InChI is InChI=1S/3CHF3O3S.Bi.H2O/c3*2-1(3,4)8(5,6)7;;/h3*(H,5,6,7);;1H2/q;;;+3;/p-3. The molecule has 0 saturated heterocycles. The molecule has 0 aliphatic heterocycles. The first-order chi connectivity index (χ1) is 9.75. The molecular formula is C3H2BiF9O10S3. The van der Waals surface area contributed by atoms with E-state index in [1.807, 2.05) is 0 Å². The maximum Gasteiger partial charge on any atom is 3.00 e. The summed E-state index contributed by atoms with van der Waals surface area (Å²) in [6.07, 6.45) is 0. The number of rotatable bonds is 0. The summed E-state index contributed by atoms with van der Waals surface area (Å²) in [5.41, 5.74) is -16.9. The van der Waals surface area contributed by atoms with E-state index >= 15 is 0 Å². The van der Waals surface area contributed by atoms with Gasteiger partial charge in [0.1, 0.15) is 0 Å². The summed E-state index contributed by atoms with van der Waals surface area (Å²) in [5.74, 6) is 0. The third kappa shape index (κ3) is 17.4. The molecule has 0 amide bonds. The minimum absolute atomic E-state index is 0. The van der Waals surface area contributed by atoms with Gasteiger partial charge in [-0.15, -0.1) is 0 Å². The fraction of sp³-hybridized carbons (Fsp3) is 1.00. The van der Waals surface area contributed by atoms with Crippen molar-refractivity contribution in [2.75, 3.05) is 0 Å². The van der Waals surface area contributed by atoms with E-state index in [9.17, 15) is 39.5 Å². The normalized spacial score (nSPS) is 12.9. The van der Waals surface area contributed by atoms with Crippen LogP contribution in [-0.4, -0.2) is 87.1 Å². The van der Waals surface area contributed by atoms with Crippen LogP contribution >= 0.6 is 0 Å². The zero-order valence-corrected chi connectivity index (χ0v) is 16.7. The van der Waals surface area contributed by atoms with E-state index in [1.165, 1.54) is 0 Å². The Morgan fingerprint density at radius 2 is 0.500 bits per heavy atom. The Kier molecular flexibility index (Phi) is 15.7. The Balaban J connectivity index is -0.0000000817. The van der Waals surface area contributed by atoms with E-state index in [0.717, 1.165) is 0 Å². The molecule has 23 heteroatoms. The minimum Gasteiger partial charge on any atom is -0.741 e. The molecule has 0 unspecified atom stereocenters. The van der Waals surface area contributed by atoms with Crippen LogP contribution in [0.25, 0.3) is 0 Å². The first-order valence-electron chi connectivity index (χ1n) is 3.81. The Bertz CT molecular complexity index is 598. The Hall–Kier alpha value is -0.0569. The second-order valence-electron chi connectivity index (χ2n) is 2.70. The molecule has 10 nitrogen and oxygen atoms in total. The van der Waals surface area contributed by atoms with Gasteiger partial charge < -0.3 is 19.1 Å². The molecule has 0 bridgehead atoms. The molecule has 0 aromatic heterocycles. The Morgan fingerprint density at radius 1 is 0.462 bits per heavy atom. The van der Waals surface area contributed by atoms with Crippen LogP contribution in [0.3, 0.4) is 0 Å². The zero-order valence-electron chi connectivity index (χ0n) is 10.7. The fourth-order valence-electron chi connectivity index (χ4n) is 0. The van der Waals surface area contributed by atoms with Crippen molar-refractivity contribution in [3.8, 4) is 0 Å². The maximum atomic E-state index is 10.7. The summed E-state index contributed by atoms with van der Waals surface area (Å²) in [6.45, 7) is 0. The predicted octanol–water partition coefficient (Wildman–Crippen LogP) is -1.05. The van der Waals surface area contributed by atoms with Crippen molar-refractivity contribution in [2.24, 2.45) is 0 Å². The third-order valence-corrected chi connectivity index (χ3v) is 2.55. The van der Waals surface area contributed by atoms with Crippen molar-refractivity contribution >= 4 is 56.6 Å². The molecule has 0 fully saturated rings. The second-order valence-corrected chi connectivity index (χ2v) is 6.81. The molecule has 0 heterocycles. The number of hydrogen-bond donors (Lipinski definition) is 0. The first kappa shape index (κ1) is 36.8. The van der Waals surface area contributed by atoms with Crippen LogP contribution in [0.15, 0.2) is 0 Å².